The zero-order valence-corrected chi connectivity index (χ0v) is 21.3. The summed E-state index contributed by atoms with van der Waals surface area (Å²) in [5.41, 5.74) is 1.02. The van der Waals surface area contributed by atoms with Crippen molar-refractivity contribution in [3.63, 3.8) is 0 Å². The van der Waals surface area contributed by atoms with E-state index in [1.54, 1.807) is 23.6 Å². The van der Waals surface area contributed by atoms with Crippen LogP contribution in [0.2, 0.25) is 0 Å². The predicted octanol–water partition coefficient (Wildman–Crippen LogP) is 7.03. The smallest absolute Gasteiger partial charge is 0.324 e. The Morgan fingerprint density at radius 3 is 2.76 bits per heavy atom. The number of alkyl halides is 3. The summed E-state index contributed by atoms with van der Waals surface area (Å²) in [7, 11) is 0. The first-order chi connectivity index (χ1) is 17.5. The van der Waals surface area contributed by atoms with Gasteiger partial charge in [0.2, 0.25) is 5.95 Å². The molecular formula is C25H27F3N6O2S. The molecule has 0 amide bonds. The van der Waals surface area contributed by atoms with Crippen molar-refractivity contribution in [2.24, 2.45) is 11.3 Å². The second-order valence-electron chi connectivity index (χ2n) is 10.2. The Morgan fingerprint density at radius 2 is 2.03 bits per heavy atom. The van der Waals surface area contributed by atoms with Crippen LogP contribution in [0.15, 0.2) is 36.8 Å². The molecule has 0 bridgehead atoms. The highest BCUT2D eigenvalue weighted by Gasteiger charge is 2.40. The van der Waals surface area contributed by atoms with Crippen molar-refractivity contribution >= 4 is 33.9 Å². The Bertz CT molecular complexity index is 1400. The molecule has 12 heteroatoms. The third-order valence-corrected chi connectivity index (χ3v) is 8.46. The molecular weight excluding hydrogens is 505 g/mol. The number of hydrogen-bond acceptors (Lipinski definition) is 8. The molecule has 0 spiro atoms. The average molecular weight is 533 g/mol. The maximum absolute atomic E-state index is 13.1. The van der Waals surface area contributed by atoms with Gasteiger partial charge in [-0.1, -0.05) is 20.8 Å². The molecule has 0 aliphatic heterocycles. The maximum Gasteiger partial charge on any atom is 0.433 e. The number of nitrogens with zero attached hydrogens (tertiary/aromatic N) is 4. The lowest BCUT2D eigenvalue weighted by atomic mass is 9.67. The molecule has 0 saturated heterocycles. The van der Waals surface area contributed by atoms with Crippen LogP contribution in [0, 0.1) is 11.3 Å². The molecule has 8 nitrogen and oxygen atoms in total. The van der Waals surface area contributed by atoms with Crippen molar-refractivity contribution in [3.05, 3.63) is 47.5 Å². The number of rotatable bonds is 6. The van der Waals surface area contributed by atoms with E-state index in [0.29, 0.717) is 11.6 Å². The van der Waals surface area contributed by atoms with Crippen LogP contribution in [-0.2, 0) is 11.1 Å². The SMILES string of the molecule is C[C@H](c1ncc(-c2cc(Nc3nccc(C(F)(F)F)n3)cc3cn[nH]c23)s1)C1CC[C@H](OO)C(C)(C)C1. The standard InChI is InChI=1S/C25H27F3N6O2S/c1-13(14-4-5-20(36-35)24(2,3)10-14)22-30-12-18(37-22)17-9-16(8-15-11-31-34-21(15)17)32-23-29-7-6-19(33-23)25(26,27)28/h6-9,11-14,20,35H,4-5,10H2,1-3H3,(H,31,34)(H,29,32,33)/t13-,14?,20-/m0/s1. The normalized spacial score (nSPS) is 20.7. The van der Waals surface area contributed by atoms with Crippen LogP contribution in [0.4, 0.5) is 24.8 Å². The summed E-state index contributed by atoms with van der Waals surface area (Å²) in [5, 5.41) is 21.1. The maximum atomic E-state index is 13.1. The fourth-order valence-electron chi connectivity index (χ4n) is 5.14. The summed E-state index contributed by atoms with van der Waals surface area (Å²) in [6, 6.07) is 4.44. The number of fused-ring (bicyclic) bond motifs is 1. The van der Waals surface area contributed by atoms with Crippen LogP contribution < -0.4 is 5.32 Å². The predicted molar refractivity (Wildman–Crippen MR) is 135 cm³/mol. The summed E-state index contributed by atoms with van der Waals surface area (Å²) in [6.45, 7) is 6.40. The van der Waals surface area contributed by atoms with Gasteiger partial charge in [-0.15, -0.1) is 11.3 Å². The van der Waals surface area contributed by atoms with Gasteiger partial charge in [-0.05, 0) is 48.8 Å². The molecule has 37 heavy (non-hydrogen) atoms. The first kappa shape index (κ1) is 25.6. The van der Waals surface area contributed by atoms with Gasteiger partial charge in [0.25, 0.3) is 0 Å². The van der Waals surface area contributed by atoms with Gasteiger partial charge in [0.15, 0.2) is 0 Å². The fourth-order valence-corrected chi connectivity index (χ4v) is 6.23. The van der Waals surface area contributed by atoms with E-state index in [2.05, 4.69) is 46.3 Å². The zero-order valence-electron chi connectivity index (χ0n) is 20.5. The van der Waals surface area contributed by atoms with Crippen LogP contribution in [0.1, 0.15) is 56.7 Å². The van der Waals surface area contributed by atoms with E-state index in [1.807, 2.05) is 12.3 Å². The first-order valence-corrected chi connectivity index (χ1v) is 12.8. The molecule has 3 heterocycles. The number of nitrogens with one attached hydrogen (secondary N) is 2. The summed E-state index contributed by atoms with van der Waals surface area (Å²) < 4.78 is 39.3. The highest BCUT2D eigenvalue weighted by atomic mass is 32.1. The Morgan fingerprint density at radius 1 is 1.22 bits per heavy atom. The van der Waals surface area contributed by atoms with Gasteiger partial charge in [-0.2, -0.15) is 18.3 Å². The number of halogens is 3. The molecule has 1 aliphatic carbocycles. The quantitative estimate of drug-likeness (QED) is 0.181. The molecule has 1 fully saturated rings. The van der Waals surface area contributed by atoms with E-state index in [4.69, 9.17) is 9.87 Å². The topological polar surface area (TPSA) is 109 Å². The first-order valence-electron chi connectivity index (χ1n) is 12.0. The summed E-state index contributed by atoms with van der Waals surface area (Å²) >= 11 is 1.59. The Hall–Kier alpha value is -3.09. The van der Waals surface area contributed by atoms with E-state index in [1.165, 1.54) is 0 Å². The van der Waals surface area contributed by atoms with Crippen LogP contribution in [0.3, 0.4) is 0 Å². The molecule has 196 valence electrons. The Labute approximate surface area is 215 Å². The number of aromatic amines is 1. The summed E-state index contributed by atoms with van der Waals surface area (Å²) in [6.07, 6.45) is 2.46. The molecule has 1 aromatic carbocycles. The van der Waals surface area contributed by atoms with Gasteiger partial charge in [0.1, 0.15) is 5.69 Å². The molecule has 1 unspecified atom stereocenters. The van der Waals surface area contributed by atoms with Crippen molar-refractivity contribution in [1.82, 2.24) is 25.1 Å². The fraction of sp³-hybridized carbons (Fsp3) is 0.440. The van der Waals surface area contributed by atoms with Crippen LogP contribution in [-0.4, -0.2) is 36.5 Å². The van der Waals surface area contributed by atoms with Crippen molar-refractivity contribution in [1.29, 1.82) is 0 Å². The minimum atomic E-state index is -4.56. The van der Waals surface area contributed by atoms with Crippen molar-refractivity contribution < 1.29 is 23.3 Å². The molecule has 3 aromatic heterocycles. The minimum Gasteiger partial charge on any atom is -0.324 e. The minimum absolute atomic E-state index is 0.139. The lowest BCUT2D eigenvalue weighted by Crippen LogP contribution is -2.39. The molecule has 0 radical (unpaired) electrons. The second-order valence-corrected chi connectivity index (χ2v) is 11.3. The lowest BCUT2D eigenvalue weighted by molar-refractivity contribution is -0.309. The highest BCUT2D eigenvalue weighted by Crippen LogP contribution is 2.47. The van der Waals surface area contributed by atoms with Crippen molar-refractivity contribution in [2.75, 3.05) is 5.32 Å². The number of hydrogen-bond donors (Lipinski definition) is 3. The molecule has 1 saturated carbocycles. The number of thiazole rings is 1. The largest absolute Gasteiger partial charge is 0.433 e. The van der Waals surface area contributed by atoms with Gasteiger partial charge in [-0.3, -0.25) is 10.4 Å². The van der Waals surface area contributed by atoms with E-state index in [-0.39, 0.29) is 23.4 Å². The number of aromatic nitrogens is 5. The third kappa shape index (κ3) is 5.18. The van der Waals surface area contributed by atoms with E-state index >= 15 is 0 Å². The highest BCUT2D eigenvalue weighted by molar-refractivity contribution is 7.15. The van der Waals surface area contributed by atoms with Crippen LogP contribution in [0.25, 0.3) is 21.3 Å². The average Bonchev–Trinajstić information content (AvgIpc) is 3.52. The van der Waals surface area contributed by atoms with Gasteiger partial charge in [0, 0.05) is 34.9 Å². The lowest BCUT2D eigenvalue weighted by Gasteiger charge is -2.42. The Kier molecular flexibility index (Phi) is 6.67. The van der Waals surface area contributed by atoms with Gasteiger partial charge >= 0.3 is 6.18 Å². The van der Waals surface area contributed by atoms with Crippen molar-refractivity contribution in [2.45, 2.75) is 58.2 Å². The monoisotopic (exact) mass is 532 g/mol. The Balaban J connectivity index is 1.42. The molecule has 1 aliphatic rings. The zero-order chi connectivity index (χ0) is 26.4. The van der Waals surface area contributed by atoms with E-state index in [9.17, 15) is 18.4 Å². The molecule has 4 aromatic rings. The number of benzene rings is 1. The van der Waals surface area contributed by atoms with E-state index in [0.717, 1.165) is 57.9 Å². The molecule has 5 rings (SSSR count). The van der Waals surface area contributed by atoms with Gasteiger partial charge < -0.3 is 5.32 Å². The van der Waals surface area contributed by atoms with Crippen LogP contribution >= 0.6 is 11.3 Å². The summed E-state index contributed by atoms with van der Waals surface area (Å²) in [4.78, 5) is 17.9. The summed E-state index contributed by atoms with van der Waals surface area (Å²) in [5.74, 6) is 0.473. The number of H-pyrrole nitrogens is 1. The third-order valence-electron chi connectivity index (χ3n) is 7.22. The van der Waals surface area contributed by atoms with Gasteiger partial charge in [-0.25, -0.2) is 19.8 Å². The molecule has 3 atom stereocenters. The number of anilines is 2. The van der Waals surface area contributed by atoms with E-state index < -0.39 is 11.9 Å². The van der Waals surface area contributed by atoms with Crippen molar-refractivity contribution in [3.8, 4) is 10.4 Å². The van der Waals surface area contributed by atoms with Crippen LogP contribution in [0.5, 0.6) is 0 Å². The molecule has 3 N–H and O–H groups in total. The van der Waals surface area contributed by atoms with Gasteiger partial charge in [0.05, 0.1) is 27.7 Å². The second kappa shape index (κ2) is 9.66.